The molecule has 2 aromatic rings. The Kier molecular flexibility index (Phi) is 3.92. The van der Waals surface area contributed by atoms with Crippen LogP contribution in [0.3, 0.4) is 0 Å². The maximum atomic E-state index is 13.0. The molecule has 0 saturated heterocycles. The van der Waals surface area contributed by atoms with Crippen molar-refractivity contribution in [3.8, 4) is 0 Å². The molecule has 1 heterocycles. The van der Waals surface area contributed by atoms with Crippen LogP contribution in [0.15, 0.2) is 36.4 Å². The van der Waals surface area contributed by atoms with E-state index in [9.17, 15) is 14.2 Å². The van der Waals surface area contributed by atoms with E-state index in [1.54, 1.807) is 18.2 Å². The van der Waals surface area contributed by atoms with Gasteiger partial charge in [-0.25, -0.2) is 4.39 Å². The highest BCUT2D eigenvalue weighted by Crippen LogP contribution is 2.30. The lowest BCUT2D eigenvalue weighted by atomic mass is 9.78. The number of benzene rings is 2. The summed E-state index contributed by atoms with van der Waals surface area (Å²) in [5.41, 5.74) is 1.55. The van der Waals surface area contributed by atoms with Crippen LogP contribution >= 0.6 is 11.6 Å². The molecule has 0 fully saturated rings. The molecule has 0 bridgehead atoms. The third-order valence-electron chi connectivity index (χ3n) is 3.81. The Balaban J connectivity index is 1.87. The van der Waals surface area contributed by atoms with Gasteiger partial charge in [-0.3, -0.25) is 4.79 Å². The first-order valence-corrected chi connectivity index (χ1v) is 7.42. The van der Waals surface area contributed by atoms with Gasteiger partial charge in [0.2, 0.25) is 0 Å². The standard InChI is InChI=1S/C16H14BClFNO3/c1-16(2)12-6-4-10(8-13(12)17(22)23-16)20-15(21)11-5-3-9(19)7-14(11)18/h3-8,22H,1-2H3,(H,20,21). The summed E-state index contributed by atoms with van der Waals surface area (Å²) in [6, 6.07) is 8.75. The zero-order chi connectivity index (χ0) is 16.8. The molecule has 2 N–H and O–H groups in total. The monoisotopic (exact) mass is 333 g/mol. The fourth-order valence-electron chi connectivity index (χ4n) is 2.67. The van der Waals surface area contributed by atoms with Crippen molar-refractivity contribution in [3.05, 3.63) is 58.4 Å². The smallest absolute Gasteiger partial charge is 0.423 e. The first-order valence-electron chi connectivity index (χ1n) is 7.04. The van der Waals surface area contributed by atoms with Crippen LogP contribution in [0.1, 0.15) is 29.8 Å². The molecule has 7 heteroatoms. The summed E-state index contributed by atoms with van der Waals surface area (Å²) in [6.45, 7) is 3.72. The van der Waals surface area contributed by atoms with Crippen molar-refractivity contribution in [1.29, 1.82) is 0 Å². The van der Waals surface area contributed by atoms with E-state index in [0.29, 0.717) is 11.2 Å². The molecule has 0 spiro atoms. The van der Waals surface area contributed by atoms with Gasteiger partial charge < -0.3 is 15.0 Å². The van der Waals surface area contributed by atoms with E-state index in [2.05, 4.69) is 5.32 Å². The molecule has 118 valence electrons. The highest BCUT2D eigenvalue weighted by molar-refractivity contribution is 6.62. The Morgan fingerprint density at radius 2 is 2.04 bits per heavy atom. The number of hydrogen-bond acceptors (Lipinski definition) is 3. The van der Waals surface area contributed by atoms with E-state index in [4.69, 9.17) is 16.3 Å². The number of rotatable bonds is 2. The van der Waals surface area contributed by atoms with Crippen LogP contribution in [-0.2, 0) is 10.3 Å². The Morgan fingerprint density at radius 1 is 1.30 bits per heavy atom. The van der Waals surface area contributed by atoms with Gasteiger partial charge in [-0.2, -0.15) is 0 Å². The minimum Gasteiger partial charge on any atom is -0.423 e. The molecule has 1 aliphatic heterocycles. The molecule has 23 heavy (non-hydrogen) atoms. The second-order valence-electron chi connectivity index (χ2n) is 5.86. The van der Waals surface area contributed by atoms with Crippen molar-refractivity contribution in [2.24, 2.45) is 0 Å². The maximum Gasteiger partial charge on any atom is 0.492 e. The lowest BCUT2D eigenvalue weighted by Gasteiger charge is -2.19. The van der Waals surface area contributed by atoms with E-state index < -0.39 is 24.4 Å². The molecule has 4 nitrogen and oxygen atoms in total. The molecular formula is C16H14BClFNO3. The van der Waals surface area contributed by atoms with Crippen molar-refractivity contribution in [2.45, 2.75) is 19.4 Å². The minimum absolute atomic E-state index is 0.0353. The fourth-order valence-corrected chi connectivity index (χ4v) is 2.92. The van der Waals surface area contributed by atoms with Gasteiger partial charge in [-0.05, 0) is 55.2 Å². The van der Waals surface area contributed by atoms with Crippen LogP contribution in [-0.4, -0.2) is 18.0 Å². The van der Waals surface area contributed by atoms with Crippen molar-refractivity contribution >= 4 is 35.8 Å². The van der Waals surface area contributed by atoms with Gasteiger partial charge in [-0.1, -0.05) is 17.7 Å². The molecular weight excluding hydrogens is 319 g/mol. The lowest BCUT2D eigenvalue weighted by Crippen LogP contribution is -2.29. The molecule has 0 atom stereocenters. The van der Waals surface area contributed by atoms with Crippen LogP contribution in [0, 0.1) is 5.82 Å². The summed E-state index contributed by atoms with van der Waals surface area (Å²) < 4.78 is 18.5. The fraction of sp³-hybridized carbons (Fsp3) is 0.188. The largest absolute Gasteiger partial charge is 0.492 e. The van der Waals surface area contributed by atoms with E-state index in [1.807, 2.05) is 13.8 Å². The number of carbonyl (C=O) groups is 1. The predicted molar refractivity (Wildman–Crippen MR) is 87.5 cm³/mol. The first kappa shape index (κ1) is 16.0. The summed E-state index contributed by atoms with van der Waals surface area (Å²) in [7, 11) is -1.04. The van der Waals surface area contributed by atoms with E-state index in [1.165, 1.54) is 12.1 Å². The van der Waals surface area contributed by atoms with Gasteiger partial charge in [0, 0.05) is 5.69 Å². The number of hydrogen-bond donors (Lipinski definition) is 2. The first-order chi connectivity index (χ1) is 10.8. The van der Waals surface area contributed by atoms with E-state index >= 15 is 0 Å². The quantitative estimate of drug-likeness (QED) is 0.831. The summed E-state index contributed by atoms with van der Waals surface area (Å²) >= 11 is 5.88. The number of anilines is 1. The van der Waals surface area contributed by atoms with Gasteiger partial charge in [0.15, 0.2) is 0 Å². The Morgan fingerprint density at radius 3 is 2.74 bits per heavy atom. The highest BCUT2D eigenvalue weighted by Gasteiger charge is 2.40. The predicted octanol–water partition coefficient (Wildman–Crippen LogP) is 2.68. The molecule has 1 aliphatic rings. The van der Waals surface area contributed by atoms with Gasteiger partial charge in [-0.15, -0.1) is 0 Å². The number of carbonyl (C=O) groups excluding carboxylic acids is 1. The SMILES string of the molecule is CC1(C)OB(O)c2cc(NC(=O)c3ccc(F)cc3Cl)ccc21. The third-order valence-corrected chi connectivity index (χ3v) is 4.12. The van der Waals surface area contributed by atoms with Gasteiger partial charge in [0.1, 0.15) is 5.82 Å². The molecule has 0 unspecified atom stereocenters. The maximum absolute atomic E-state index is 13.0. The Bertz CT molecular complexity index is 797. The van der Waals surface area contributed by atoms with Crippen LogP contribution < -0.4 is 10.8 Å². The van der Waals surface area contributed by atoms with Gasteiger partial charge in [0.25, 0.3) is 5.91 Å². The number of fused-ring (bicyclic) bond motifs is 1. The Labute approximate surface area is 138 Å². The molecule has 0 aliphatic carbocycles. The minimum atomic E-state index is -1.04. The second kappa shape index (κ2) is 5.63. The molecule has 0 radical (unpaired) electrons. The zero-order valence-electron chi connectivity index (χ0n) is 12.6. The van der Waals surface area contributed by atoms with Crippen LogP contribution in [0.2, 0.25) is 5.02 Å². The van der Waals surface area contributed by atoms with E-state index in [-0.39, 0.29) is 10.6 Å². The normalized spacial score (nSPS) is 15.4. The summed E-state index contributed by atoms with van der Waals surface area (Å²) in [5, 5.41) is 12.7. The van der Waals surface area contributed by atoms with Crippen LogP contribution in [0.4, 0.5) is 10.1 Å². The van der Waals surface area contributed by atoms with Crippen molar-refractivity contribution in [3.63, 3.8) is 0 Å². The average Bonchev–Trinajstić information content (AvgIpc) is 2.68. The number of halogens is 2. The van der Waals surface area contributed by atoms with Crippen LogP contribution in [0.5, 0.6) is 0 Å². The topological polar surface area (TPSA) is 58.6 Å². The highest BCUT2D eigenvalue weighted by atomic mass is 35.5. The molecule has 3 rings (SSSR count). The lowest BCUT2D eigenvalue weighted by molar-refractivity contribution is 0.100. The third kappa shape index (κ3) is 2.97. The van der Waals surface area contributed by atoms with Crippen molar-refractivity contribution in [2.75, 3.05) is 5.32 Å². The van der Waals surface area contributed by atoms with Crippen molar-refractivity contribution in [1.82, 2.24) is 0 Å². The molecule has 1 amide bonds. The molecule has 2 aromatic carbocycles. The summed E-state index contributed by atoms with van der Waals surface area (Å²) in [4.78, 5) is 12.2. The Hall–Kier alpha value is -1.89. The number of nitrogens with one attached hydrogen (secondary N) is 1. The molecule has 0 saturated carbocycles. The van der Waals surface area contributed by atoms with E-state index in [0.717, 1.165) is 11.6 Å². The van der Waals surface area contributed by atoms with Gasteiger partial charge >= 0.3 is 7.12 Å². The average molecular weight is 334 g/mol. The summed E-state index contributed by atoms with van der Waals surface area (Å²) in [5.74, 6) is -0.964. The van der Waals surface area contributed by atoms with Crippen molar-refractivity contribution < 1.29 is 18.9 Å². The summed E-state index contributed by atoms with van der Waals surface area (Å²) in [6.07, 6.45) is 0. The number of amides is 1. The molecule has 0 aromatic heterocycles. The zero-order valence-corrected chi connectivity index (χ0v) is 13.3. The van der Waals surface area contributed by atoms with Gasteiger partial charge in [0.05, 0.1) is 16.2 Å². The van der Waals surface area contributed by atoms with Crippen LogP contribution in [0.25, 0.3) is 0 Å². The second-order valence-corrected chi connectivity index (χ2v) is 6.27.